The molecule has 2 aromatic carbocycles. The number of ether oxygens (including phenoxy) is 2. The zero-order chi connectivity index (χ0) is 25.8. The lowest BCUT2D eigenvalue weighted by atomic mass is 9.99. The van der Waals surface area contributed by atoms with Gasteiger partial charge in [-0.05, 0) is 66.6 Å². The van der Waals surface area contributed by atoms with Crippen LogP contribution >= 0.6 is 23.4 Å². The van der Waals surface area contributed by atoms with Gasteiger partial charge in [0.1, 0.15) is 11.0 Å². The van der Waals surface area contributed by atoms with Crippen LogP contribution in [0.1, 0.15) is 46.3 Å². The van der Waals surface area contributed by atoms with Crippen molar-refractivity contribution in [2.24, 2.45) is 0 Å². The van der Waals surface area contributed by atoms with E-state index in [1.807, 2.05) is 41.3 Å². The Balaban J connectivity index is 1.28. The summed E-state index contributed by atoms with van der Waals surface area (Å²) in [6, 6.07) is 13.8. The molecule has 2 aliphatic heterocycles. The Morgan fingerprint density at radius 3 is 2.49 bits per heavy atom. The van der Waals surface area contributed by atoms with E-state index in [9.17, 15) is 4.79 Å². The first-order chi connectivity index (χ1) is 18.0. The van der Waals surface area contributed by atoms with Gasteiger partial charge in [0.15, 0.2) is 16.7 Å². The second-order valence-electron chi connectivity index (χ2n) is 9.32. The van der Waals surface area contributed by atoms with Crippen molar-refractivity contribution in [2.45, 2.75) is 43.1 Å². The summed E-state index contributed by atoms with van der Waals surface area (Å²) in [4.78, 5) is 26.3. The third kappa shape index (κ3) is 5.96. The molecule has 37 heavy (non-hydrogen) atoms. The van der Waals surface area contributed by atoms with Gasteiger partial charge in [-0.25, -0.2) is 9.97 Å². The summed E-state index contributed by atoms with van der Waals surface area (Å²) >= 11 is 7.94. The normalized spacial score (nSPS) is 15.3. The fourth-order valence-electron chi connectivity index (χ4n) is 4.91. The van der Waals surface area contributed by atoms with Crippen molar-refractivity contribution in [3.05, 3.63) is 69.9 Å². The molecule has 0 bridgehead atoms. The molecular formula is C28H31ClN4O3S. The molecule has 0 N–H and O–H groups in total. The number of hydrogen-bond acceptors (Lipinski definition) is 7. The zero-order valence-electron chi connectivity index (χ0n) is 21.2. The van der Waals surface area contributed by atoms with Crippen molar-refractivity contribution in [1.29, 1.82) is 0 Å². The number of nitrogens with zero attached hydrogens (tertiary/aromatic N) is 4. The highest BCUT2D eigenvalue weighted by atomic mass is 35.5. The average Bonchev–Trinajstić information content (AvgIpc) is 2.95. The van der Waals surface area contributed by atoms with Crippen molar-refractivity contribution >= 4 is 35.1 Å². The van der Waals surface area contributed by atoms with Crippen LogP contribution in [0.3, 0.4) is 0 Å². The van der Waals surface area contributed by atoms with Gasteiger partial charge in [0.25, 0.3) is 5.91 Å². The highest BCUT2D eigenvalue weighted by molar-refractivity contribution is 7.98. The monoisotopic (exact) mass is 538 g/mol. The predicted molar refractivity (Wildman–Crippen MR) is 147 cm³/mol. The van der Waals surface area contributed by atoms with Gasteiger partial charge < -0.3 is 19.3 Å². The van der Waals surface area contributed by atoms with Crippen LogP contribution in [0.15, 0.2) is 47.6 Å². The Labute approximate surface area is 227 Å². The van der Waals surface area contributed by atoms with E-state index in [2.05, 4.69) is 16.0 Å². The Hall–Kier alpha value is -2.97. The molecule has 0 spiro atoms. The smallest absolute Gasteiger partial charge is 0.253 e. The third-order valence-corrected chi connectivity index (χ3v) is 8.00. The molecule has 194 valence electrons. The number of hydrogen-bond donors (Lipinski definition) is 0. The van der Waals surface area contributed by atoms with Crippen LogP contribution in [0, 0.1) is 0 Å². The molecule has 2 aliphatic rings. The van der Waals surface area contributed by atoms with E-state index in [0.29, 0.717) is 22.6 Å². The number of anilines is 1. The maximum absolute atomic E-state index is 12.9. The van der Waals surface area contributed by atoms with Gasteiger partial charge in [0, 0.05) is 43.6 Å². The second kappa shape index (κ2) is 11.6. The number of aromatic nitrogens is 2. The van der Waals surface area contributed by atoms with Crippen molar-refractivity contribution in [3.63, 3.8) is 0 Å². The summed E-state index contributed by atoms with van der Waals surface area (Å²) in [5.74, 6) is 3.05. The quantitative estimate of drug-likeness (QED) is 0.219. The molecule has 3 heterocycles. The van der Waals surface area contributed by atoms with Crippen molar-refractivity contribution < 1.29 is 14.3 Å². The van der Waals surface area contributed by atoms with Crippen LogP contribution < -0.4 is 14.4 Å². The molecule has 1 saturated heterocycles. The Bertz CT molecular complexity index is 1280. The molecule has 0 atom stereocenters. The minimum absolute atomic E-state index is 0.118. The molecule has 0 unspecified atom stereocenters. The van der Waals surface area contributed by atoms with Gasteiger partial charge >= 0.3 is 0 Å². The standard InChI is InChI=1S/C28H31ClN4O3S/c1-35-23-14-20-9-12-33(17-22(20)15-24(23)36-2)26-16-25(29)30-28(31-26)37-18-19-7-6-8-21(13-19)27(34)32-10-4-3-5-11-32/h6-8,13-16H,3-5,9-12,17-18H2,1-2H3. The van der Waals surface area contributed by atoms with Gasteiger partial charge in [0.05, 0.1) is 14.2 Å². The minimum Gasteiger partial charge on any atom is -0.493 e. The third-order valence-electron chi connectivity index (χ3n) is 6.89. The van der Waals surface area contributed by atoms with E-state index < -0.39 is 0 Å². The highest BCUT2D eigenvalue weighted by Crippen LogP contribution is 2.35. The van der Waals surface area contributed by atoms with Gasteiger partial charge in [-0.15, -0.1) is 0 Å². The van der Waals surface area contributed by atoms with E-state index in [1.54, 1.807) is 14.2 Å². The van der Waals surface area contributed by atoms with E-state index in [4.69, 9.17) is 26.1 Å². The number of likely N-dealkylation sites (tertiary alicyclic amines) is 1. The van der Waals surface area contributed by atoms with Crippen molar-refractivity contribution in [2.75, 3.05) is 38.8 Å². The number of halogens is 1. The lowest BCUT2D eigenvalue weighted by Gasteiger charge is -2.30. The number of benzene rings is 2. The lowest BCUT2D eigenvalue weighted by molar-refractivity contribution is 0.0724. The first-order valence-electron chi connectivity index (χ1n) is 12.6. The summed E-state index contributed by atoms with van der Waals surface area (Å²) in [7, 11) is 3.31. The summed E-state index contributed by atoms with van der Waals surface area (Å²) in [5, 5.41) is 1.04. The fourth-order valence-corrected chi connectivity index (χ4v) is 5.94. The van der Waals surface area contributed by atoms with E-state index in [0.717, 1.165) is 67.3 Å². The van der Waals surface area contributed by atoms with E-state index in [-0.39, 0.29) is 5.91 Å². The Morgan fingerprint density at radius 1 is 0.973 bits per heavy atom. The van der Waals surface area contributed by atoms with Crippen LogP contribution in [0.25, 0.3) is 0 Å². The Kier molecular flexibility index (Phi) is 8.05. The van der Waals surface area contributed by atoms with Gasteiger partial charge in [-0.3, -0.25) is 4.79 Å². The van der Waals surface area contributed by atoms with Crippen LogP contribution in [0.2, 0.25) is 5.15 Å². The molecule has 9 heteroatoms. The molecular weight excluding hydrogens is 508 g/mol. The summed E-state index contributed by atoms with van der Waals surface area (Å²) in [5.41, 5.74) is 4.24. The topological polar surface area (TPSA) is 67.8 Å². The maximum atomic E-state index is 12.9. The first-order valence-corrected chi connectivity index (χ1v) is 13.9. The molecule has 5 rings (SSSR count). The number of thioether (sulfide) groups is 1. The van der Waals surface area contributed by atoms with E-state index >= 15 is 0 Å². The second-order valence-corrected chi connectivity index (χ2v) is 10.7. The van der Waals surface area contributed by atoms with E-state index in [1.165, 1.54) is 29.3 Å². The number of methoxy groups -OCH3 is 2. The molecule has 0 saturated carbocycles. The van der Waals surface area contributed by atoms with Crippen LogP contribution in [-0.2, 0) is 18.7 Å². The lowest BCUT2D eigenvalue weighted by Crippen LogP contribution is -2.35. The SMILES string of the molecule is COc1cc2c(cc1OC)CN(c1cc(Cl)nc(SCc3cccc(C(=O)N4CCCCC4)c3)n1)CC2. The van der Waals surface area contributed by atoms with Gasteiger partial charge in [0.2, 0.25) is 0 Å². The van der Waals surface area contributed by atoms with Gasteiger partial charge in [-0.1, -0.05) is 35.5 Å². The maximum Gasteiger partial charge on any atom is 0.253 e. The number of carbonyl (C=O) groups is 1. The Morgan fingerprint density at radius 2 is 1.73 bits per heavy atom. The van der Waals surface area contributed by atoms with Crippen LogP contribution in [-0.4, -0.2) is 54.6 Å². The number of piperidine rings is 1. The molecule has 1 amide bonds. The molecule has 0 aliphatic carbocycles. The summed E-state index contributed by atoms with van der Waals surface area (Å²) < 4.78 is 11.0. The summed E-state index contributed by atoms with van der Waals surface area (Å²) in [6.45, 7) is 3.21. The number of carbonyl (C=O) groups excluding carboxylic acids is 1. The number of fused-ring (bicyclic) bond motifs is 1. The molecule has 0 radical (unpaired) electrons. The molecule has 7 nitrogen and oxygen atoms in total. The van der Waals surface area contributed by atoms with Crippen molar-refractivity contribution in [1.82, 2.24) is 14.9 Å². The average molecular weight is 539 g/mol. The predicted octanol–water partition coefficient (Wildman–Crippen LogP) is 5.63. The largest absolute Gasteiger partial charge is 0.493 e. The molecule has 3 aromatic rings. The van der Waals surface area contributed by atoms with Crippen LogP contribution in [0.5, 0.6) is 11.5 Å². The molecule has 1 fully saturated rings. The molecule has 1 aromatic heterocycles. The zero-order valence-corrected chi connectivity index (χ0v) is 22.8. The highest BCUT2D eigenvalue weighted by Gasteiger charge is 2.22. The van der Waals surface area contributed by atoms with Crippen molar-refractivity contribution in [3.8, 4) is 11.5 Å². The number of rotatable bonds is 7. The first kappa shape index (κ1) is 25.7. The van der Waals surface area contributed by atoms with Gasteiger partial charge in [-0.2, -0.15) is 0 Å². The van der Waals surface area contributed by atoms with Crippen LogP contribution in [0.4, 0.5) is 5.82 Å². The summed E-state index contributed by atoms with van der Waals surface area (Å²) in [6.07, 6.45) is 4.24. The fraction of sp³-hybridized carbons (Fsp3) is 0.393. The number of amides is 1. The minimum atomic E-state index is 0.118.